The Morgan fingerprint density at radius 1 is 0.933 bits per heavy atom. The first-order valence-electron chi connectivity index (χ1n) is 10.3. The third kappa shape index (κ3) is 4.55. The molecule has 1 heterocycles. The van der Waals surface area contributed by atoms with Crippen LogP contribution in [0.4, 0.5) is 0 Å². The van der Waals surface area contributed by atoms with E-state index in [0.717, 1.165) is 16.9 Å². The lowest BCUT2D eigenvalue weighted by Crippen LogP contribution is -2.48. The number of rotatable bonds is 8. The fourth-order valence-electron chi connectivity index (χ4n) is 3.75. The molecule has 1 saturated heterocycles. The topological polar surface area (TPSA) is 44.8 Å². The van der Waals surface area contributed by atoms with Crippen molar-refractivity contribution in [3.63, 3.8) is 0 Å². The van der Waals surface area contributed by atoms with Gasteiger partial charge in [-0.3, -0.25) is 4.79 Å². The predicted octanol–water partition coefficient (Wildman–Crippen LogP) is 5.15. The molecule has 0 unspecified atom stereocenters. The van der Waals surface area contributed by atoms with E-state index in [4.69, 9.17) is 14.2 Å². The van der Waals surface area contributed by atoms with E-state index in [1.54, 1.807) is 0 Å². The summed E-state index contributed by atoms with van der Waals surface area (Å²) in [5.41, 5.74) is 4.29. The molecule has 0 atom stereocenters. The molecule has 0 N–H and O–H groups in total. The molecule has 1 aliphatic heterocycles. The number of carbonyl (C=O) groups is 1. The van der Waals surface area contributed by atoms with Gasteiger partial charge in [-0.25, -0.2) is 0 Å². The van der Waals surface area contributed by atoms with Crippen molar-refractivity contribution in [3.05, 3.63) is 90.0 Å². The molecule has 4 nitrogen and oxygen atoms in total. The Kier molecular flexibility index (Phi) is 6.15. The number of benzene rings is 3. The highest BCUT2D eigenvalue weighted by Gasteiger charge is 2.42. The van der Waals surface area contributed by atoms with Gasteiger partial charge in [-0.05, 0) is 47.4 Å². The summed E-state index contributed by atoms with van der Waals surface area (Å²) in [4.78, 5) is 12.0. The van der Waals surface area contributed by atoms with Crippen LogP contribution in [-0.2, 0) is 26.3 Å². The second kappa shape index (κ2) is 9.14. The molecule has 3 aromatic carbocycles. The van der Waals surface area contributed by atoms with Crippen LogP contribution in [0.25, 0.3) is 11.1 Å². The summed E-state index contributed by atoms with van der Waals surface area (Å²) in [6, 6.07) is 26.7. The molecule has 0 aliphatic carbocycles. The van der Waals surface area contributed by atoms with Gasteiger partial charge < -0.3 is 14.2 Å². The highest BCUT2D eigenvalue weighted by Crippen LogP contribution is 2.37. The van der Waals surface area contributed by atoms with Crippen molar-refractivity contribution in [3.8, 4) is 16.9 Å². The molecule has 0 radical (unpaired) electrons. The zero-order chi connectivity index (χ0) is 20.8. The van der Waals surface area contributed by atoms with E-state index in [2.05, 4.69) is 36.4 Å². The number of ether oxygens (including phenoxy) is 3. The van der Waals surface area contributed by atoms with Crippen LogP contribution in [0.15, 0.2) is 78.9 Å². The van der Waals surface area contributed by atoms with E-state index in [0.29, 0.717) is 32.8 Å². The lowest BCUT2D eigenvalue weighted by atomic mass is 9.76. The van der Waals surface area contributed by atoms with E-state index in [-0.39, 0.29) is 11.4 Å². The van der Waals surface area contributed by atoms with Crippen molar-refractivity contribution < 1.29 is 19.0 Å². The quantitative estimate of drug-likeness (QED) is 0.489. The van der Waals surface area contributed by atoms with Crippen LogP contribution in [0.5, 0.6) is 5.75 Å². The van der Waals surface area contributed by atoms with Crippen LogP contribution in [0.1, 0.15) is 24.5 Å². The monoisotopic (exact) mass is 402 g/mol. The average Bonchev–Trinajstić information content (AvgIpc) is 2.76. The van der Waals surface area contributed by atoms with Crippen LogP contribution in [-0.4, -0.2) is 25.8 Å². The lowest BCUT2D eigenvalue weighted by Gasteiger charge is -2.41. The zero-order valence-electron chi connectivity index (χ0n) is 17.2. The molecule has 0 aromatic heterocycles. The maximum absolute atomic E-state index is 12.0. The molecule has 1 fully saturated rings. The van der Waals surface area contributed by atoms with Crippen molar-refractivity contribution in [1.29, 1.82) is 0 Å². The van der Waals surface area contributed by atoms with Gasteiger partial charge in [-0.15, -0.1) is 0 Å². The molecule has 1 aliphatic rings. The highest BCUT2D eigenvalue weighted by atomic mass is 16.5. The molecular weight excluding hydrogens is 376 g/mol. The first kappa shape index (κ1) is 20.2. The first-order chi connectivity index (χ1) is 14.7. The maximum atomic E-state index is 12.0. The van der Waals surface area contributed by atoms with Gasteiger partial charge >= 0.3 is 5.97 Å². The summed E-state index contributed by atoms with van der Waals surface area (Å²) in [5.74, 6) is 0.620. The van der Waals surface area contributed by atoms with E-state index in [9.17, 15) is 4.79 Å². The van der Waals surface area contributed by atoms with Gasteiger partial charge in [0.2, 0.25) is 0 Å². The molecule has 0 saturated carbocycles. The Hall–Kier alpha value is -3.11. The highest BCUT2D eigenvalue weighted by molar-refractivity contribution is 5.72. The Morgan fingerprint density at radius 2 is 1.67 bits per heavy atom. The SMILES string of the molecule is CCOC(=O)CC1(c2ccc(OCc3cccc(-c4ccccc4)c3)cc2)COC1. The summed E-state index contributed by atoms with van der Waals surface area (Å²) in [6.45, 7) is 3.80. The molecule has 3 aromatic rings. The Labute approximate surface area is 177 Å². The Balaban J connectivity index is 1.40. The fourth-order valence-corrected chi connectivity index (χ4v) is 3.75. The van der Waals surface area contributed by atoms with E-state index in [1.165, 1.54) is 11.1 Å². The number of carbonyl (C=O) groups excluding carboxylic acids is 1. The molecule has 30 heavy (non-hydrogen) atoms. The van der Waals surface area contributed by atoms with Crippen LogP contribution in [0.3, 0.4) is 0 Å². The van der Waals surface area contributed by atoms with Gasteiger partial charge in [-0.1, -0.05) is 60.7 Å². The number of esters is 1. The van der Waals surface area contributed by atoms with Gasteiger partial charge in [0.1, 0.15) is 12.4 Å². The molecule has 0 bridgehead atoms. The molecule has 4 rings (SSSR count). The van der Waals surface area contributed by atoms with Crippen molar-refractivity contribution in [2.24, 2.45) is 0 Å². The zero-order valence-corrected chi connectivity index (χ0v) is 17.2. The summed E-state index contributed by atoms with van der Waals surface area (Å²) < 4.78 is 16.5. The standard InChI is InChI=1S/C26H26O4/c1-2-29-25(27)16-26(18-28-19-26)23-11-13-24(14-12-23)30-17-20-7-6-10-22(15-20)21-8-4-3-5-9-21/h3-15H,2,16-19H2,1H3. The Morgan fingerprint density at radius 3 is 2.33 bits per heavy atom. The van der Waals surface area contributed by atoms with Crippen LogP contribution in [0.2, 0.25) is 0 Å². The largest absolute Gasteiger partial charge is 0.489 e. The normalized spacial score (nSPS) is 14.6. The van der Waals surface area contributed by atoms with Gasteiger partial charge in [0.05, 0.1) is 31.7 Å². The maximum Gasteiger partial charge on any atom is 0.306 e. The van der Waals surface area contributed by atoms with Gasteiger partial charge in [0.15, 0.2) is 0 Å². The minimum Gasteiger partial charge on any atom is -0.489 e. The van der Waals surface area contributed by atoms with Crippen LogP contribution >= 0.6 is 0 Å². The summed E-state index contributed by atoms with van der Waals surface area (Å²) in [6.07, 6.45) is 0.341. The second-order valence-electron chi connectivity index (χ2n) is 7.63. The van der Waals surface area contributed by atoms with Crippen molar-refractivity contribution in [2.45, 2.75) is 25.4 Å². The number of hydrogen-bond donors (Lipinski definition) is 0. The number of hydrogen-bond acceptors (Lipinski definition) is 4. The molecule has 4 heteroatoms. The molecule has 154 valence electrons. The second-order valence-corrected chi connectivity index (χ2v) is 7.63. The van der Waals surface area contributed by atoms with Gasteiger partial charge in [0, 0.05) is 0 Å². The average molecular weight is 402 g/mol. The minimum atomic E-state index is -0.283. The smallest absolute Gasteiger partial charge is 0.306 e. The Bertz CT molecular complexity index is 975. The summed E-state index contributed by atoms with van der Waals surface area (Å²) >= 11 is 0. The van der Waals surface area contributed by atoms with E-state index < -0.39 is 0 Å². The van der Waals surface area contributed by atoms with Gasteiger partial charge in [-0.2, -0.15) is 0 Å². The lowest BCUT2D eigenvalue weighted by molar-refractivity contribution is -0.151. The summed E-state index contributed by atoms with van der Waals surface area (Å²) in [5, 5.41) is 0. The summed E-state index contributed by atoms with van der Waals surface area (Å²) in [7, 11) is 0. The van der Waals surface area contributed by atoms with E-state index in [1.807, 2.05) is 49.4 Å². The third-order valence-corrected chi connectivity index (χ3v) is 5.45. The molecule has 0 amide bonds. The first-order valence-corrected chi connectivity index (χ1v) is 10.3. The fraction of sp³-hybridized carbons (Fsp3) is 0.269. The molecule has 0 spiro atoms. The predicted molar refractivity (Wildman–Crippen MR) is 116 cm³/mol. The van der Waals surface area contributed by atoms with Crippen LogP contribution < -0.4 is 4.74 Å². The van der Waals surface area contributed by atoms with Crippen molar-refractivity contribution in [2.75, 3.05) is 19.8 Å². The van der Waals surface area contributed by atoms with Crippen molar-refractivity contribution >= 4 is 5.97 Å². The molecular formula is C26H26O4. The van der Waals surface area contributed by atoms with E-state index >= 15 is 0 Å². The third-order valence-electron chi connectivity index (χ3n) is 5.45. The van der Waals surface area contributed by atoms with Crippen molar-refractivity contribution in [1.82, 2.24) is 0 Å². The van der Waals surface area contributed by atoms with Gasteiger partial charge in [0.25, 0.3) is 0 Å². The van der Waals surface area contributed by atoms with Crippen LogP contribution in [0, 0.1) is 0 Å². The minimum absolute atomic E-state index is 0.181.